The van der Waals surface area contributed by atoms with Crippen LogP contribution in [0.4, 0.5) is 4.39 Å². The fraction of sp³-hybridized carbons (Fsp3) is 0.333. The van der Waals surface area contributed by atoms with Crippen molar-refractivity contribution in [2.45, 2.75) is 16.6 Å². The van der Waals surface area contributed by atoms with Crippen LogP contribution in [0.2, 0.25) is 0 Å². The molecule has 1 N–H and O–H groups in total. The Morgan fingerprint density at radius 3 is 2.57 bits per heavy atom. The number of rotatable bonds is 3. The highest BCUT2D eigenvalue weighted by Crippen LogP contribution is 2.32. The van der Waals surface area contributed by atoms with E-state index in [2.05, 4.69) is 10.2 Å². The molecule has 21 heavy (non-hydrogen) atoms. The molecule has 1 aliphatic rings. The van der Waals surface area contributed by atoms with E-state index in [9.17, 15) is 17.9 Å². The molecule has 0 aliphatic carbocycles. The van der Waals surface area contributed by atoms with E-state index in [1.54, 1.807) is 0 Å². The number of sulfone groups is 1. The predicted molar refractivity (Wildman–Crippen MR) is 74.0 cm³/mol. The van der Waals surface area contributed by atoms with Crippen molar-refractivity contribution in [1.29, 1.82) is 0 Å². The maximum Gasteiger partial charge on any atom is 0.277 e. The molecule has 0 bridgehead atoms. The largest absolute Gasteiger partial charge is 0.411 e. The van der Waals surface area contributed by atoms with Crippen molar-refractivity contribution in [2.75, 3.05) is 11.5 Å². The summed E-state index contributed by atoms with van der Waals surface area (Å²) in [7, 11) is -3.22. The van der Waals surface area contributed by atoms with Crippen molar-refractivity contribution in [3.63, 3.8) is 0 Å². The third kappa shape index (κ3) is 3.25. The quantitative estimate of drug-likeness (QED) is 0.901. The molecular formula is C12H11FN2O4S2. The van der Waals surface area contributed by atoms with Gasteiger partial charge < -0.3 is 9.52 Å². The minimum Gasteiger partial charge on any atom is -0.411 e. The summed E-state index contributed by atoms with van der Waals surface area (Å²) in [5.41, 5.74) is 0.565. The highest BCUT2D eigenvalue weighted by molar-refractivity contribution is 8.01. The molecular weight excluding hydrogens is 319 g/mol. The molecule has 112 valence electrons. The molecule has 0 amide bonds. The van der Waals surface area contributed by atoms with E-state index in [0.717, 1.165) is 11.8 Å². The van der Waals surface area contributed by atoms with Gasteiger partial charge in [0.15, 0.2) is 9.84 Å². The van der Waals surface area contributed by atoms with Crippen molar-refractivity contribution in [2.24, 2.45) is 0 Å². The van der Waals surface area contributed by atoms with Gasteiger partial charge in [-0.1, -0.05) is 11.8 Å². The van der Waals surface area contributed by atoms with Crippen molar-refractivity contribution in [3.05, 3.63) is 30.1 Å². The zero-order chi connectivity index (χ0) is 15.0. The van der Waals surface area contributed by atoms with Crippen LogP contribution in [0.5, 0.6) is 0 Å². The molecule has 0 unspecified atom stereocenters. The third-order valence-electron chi connectivity index (χ3n) is 3.02. The SMILES string of the molecule is O=S1(=O)C[C@H](Sc2nnc(-c3ccc(F)cc3)o2)[C@@H](O)C1. The molecule has 2 aromatic rings. The number of hydrogen-bond donors (Lipinski definition) is 1. The number of thioether (sulfide) groups is 1. The molecule has 2 atom stereocenters. The van der Waals surface area contributed by atoms with Gasteiger partial charge in [-0.3, -0.25) is 0 Å². The average Bonchev–Trinajstić information content (AvgIpc) is 2.96. The fourth-order valence-corrected chi connectivity index (χ4v) is 5.36. The number of aliphatic hydroxyl groups excluding tert-OH is 1. The molecule has 1 aliphatic heterocycles. The van der Waals surface area contributed by atoms with Gasteiger partial charge in [-0.2, -0.15) is 0 Å². The van der Waals surface area contributed by atoms with Gasteiger partial charge in [-0.25, -0.2) is 12.8 Å². The summed E-state index contributed by atoms with van der Waals surface area (Å²) in [5, 5.41) is 17.0. The van der Waals surface area contributed by atoms with Gasteiger partial charge in [-0.05, 0) is 24.3 Å². The van der Waals surface area contributed by atoms with Crippen LogP contribution in [0.1, 0.15) is 0 Å². The Hall–Kier alpha value is -1.45. The van der Waals surface area contributed by atoms with Gasteiger partial charge >= 0.3 is 0 Å². The van der Waals surface area contributed by atoms with Crippen LogP contribution in [0, 0.1) is 5.82 Å². The second-order valence-electron chi connectivity index (χ2n) is 4.68. The van der Waals surface area contributed by atoms with Crippen LogP contribution in [0.15, 0.2) is 33.9 Å². The van der Waals surface area contributed by atoms with Gasteiger partial charge in [0.05, 0.1) is 22.9 Å². The van der Waals surface area contributed by atoms with Gasteiger partial charge in [0.25, 0.3) is 5.22 Å². The number of hydrogen-bond acceptors (Lipinski definition) is 7. The van der Waals surface area contributed by atoms with Crippen LogP contribution in [-0.2, 0) is 9.84 Å². The van der Waals surface area contributed by atoms with E-state index >= 15 is 0 Å². The van der Waals surface area contributed by atoms with E-state index in [4.69, 9.17) is 4.42 Å². The summed E-state index contributed by atoms with van der Waals surface area (Å²) in [5.74, 6) is -0.517. The van der Waals surface area contributed by atoms with Crippen LogP contribution in [-0.4, -0.2) is 46.6 Å². The highest BCUT2D eigenvalue weighted by Gasteiger charge is 2.38. The Morgan fingerprint density at radius 1 is 1.24 bits per heavy atom. The summed E-state index contributed by atoms with van der Waals surface area (Å²) in [6, 6.07) is 5.57. The zero-order valence-corrected chi connectivity index (χ0v) is 12.3. The highest BCUT2D eigenvalue weighted by atomic mass is 32.2. The summed E-state index contributed by atoms with van der Waals surface area (Å²) in [4.78, 5) is 0. The second kappa shape index (κ2) is 5.39. The number of halogens is 1. The van der Waals surface area contributed by atoms with Crippen LogP contribution in [0.3, 0.4) is 0 Å². The Balaban J connectivity index is 1.75. The second-order valence-corrected chi connectivity index (χ2v) is 8.02. The molecule has 1 saturated heterocycles. The lowest BCUT2D eigenvalue weighted by Gasteiger charge is -2.07. The number of benzene rings is 1. The first-order valence-electron chi connectivity index (χ1n) is 6.07. The third-order valence-corrected chi connectivity index (χ3v) is 6.10. The molecule has 1 aromatic carbocycles. The monoisotopic (exact) mass is 330 g/mol. The Bertz CT molecular complexity index is 745. The normalized spacial score (nSPS) is 24.3. The van der Waals surface area contributed by atoms with Crippen molar-refractivity contribution in [1.82, 2.24) is 10.2 Å². The van der Waals surface area contributed by atoms with Crippen molar-refractivity contribution in [3.8, 4) is 11.5 Å². The average molecular weight is 330 g/mol. The Labute approximate surface area is 124 Å². The molecule has 1 aromatic heterocycles. The van der Waals surface area contributed by atoms with E-state index in [0.29, 0.717) is 5.56 Å². The lowest BCUT2D eigenvalue weighted by molar-refractivity contribution is 0.207. The molecule has 6 nitrogen and oxygen atoms in total. The van der Waals surface area contributed by atoms with E-state index in [1.165, 1.54) is 24.3 Å². The molecule has 0 spiro atoms. The Morgan fingerprint density at radius 2 is 1.95 bits per heavy atom. The first kappa shape index (κ1) is 14.5. The lowest BCUT2D eigenvalue weighted by Crippen LogP contribution is -2.19. The van der Waals surface area contributed by atoms with Gasteiger partial charge in [0, 0.05) is 5.56 Å². The molecule has 3 rings (SSSR count). The van der Waals surface area contributed by atoms with Gasteiger partial charge in [0.1, 0.15) is 5.82 Å². The maximum absolute atomic E-state index is 12.8. The lowest BCUT2D eigenvalue weighted by atomic mass is 10.2. The minimum atomic E-state index is -3.22. The first-order chi connectivity index (χ1) is 9.93. The van der Waals surface area contributed by atoms with Crippen molar-refractivity contribution < 1.29 is 22.3 Å². The molecule has 0 radical (unpaired) electrons. The fourth-order valence-electron chi connectivity index (χ4n) is 2.01. The minimum absolute atomic E-state index is 0.118. The number of nitrogens with zero attached hydrogens (tertiary/aromatic N) is 2. The van der Waals surface area contributed by atoms with Gasteiger partial charge in [0.2, 0.25) is 5.89 Å². The maximum atomic E-state index is 12.8. The van der Waals surface area contributed by atoms with E-state index < -0.39 is 21.2 Å². The number of aromatic nitrogens is 2. The van der Waals surface area contributed by atoms with E-state index in [-0.39, 0.29) is 28.4 Å². The predicted octanol–water partition coefficient (Wildman–Crippen LogP) is 1.13. The molecule has 1 fully saturated rings. The first-order valence-corrected chi connectivity index (χ1v) is 8.78. The van der Waals surface area contributed by atoms with Gasteiger partial charge in [-0.15, -0.1) is 10.2 Å². The van der Waals surface area contributed by atoms with Crippen LogP contribution in [0.25, 0.3) is 11.5 Å². The van der Waals surface area contributed by atoms with Crippen molar-refractivity contribution >= 4 is 21.6 Å². The molecule has 0 saturated carbocycles. The van der Waals surface area contributed by atoms with E-state index in [1.807, 2.05) is 0 Å². The zero-order valence-electron chi connectivity index (χ0n) is 10.6. The van der Waals surface area contributed by atoms with Crippen LogP contribution >= 0.6 is 11.8 Å². The summed E-state index contributed by atoms with van der Waals surface area (Å²) >= 11 is 1.04. The summed E-state index contributed by atoms with van der Waals surface area (Å²) < 4.78 is 41.1. The number of aliphatic hydroxyl groups is 1. The standard InChI is InChI=1S/C12H11FN2O4S2/c13-8-3-1-7(2-4-8)11-14-15-12(19-11)20-10-6-21(17,18)5-9(10)16/h1-4,9-10,16H,5-6H2/t9-,10-/m0/s1. The Kier molecular flexibility index (Phi) is 3.72. The molecule has 2 heterocycles. The topological polar surface area (TPSA) is 93.3 Å². The smallest absolute Gasteiger partial charge is 0.277 e. The summed E-state index contributed by atoms with van der Waals surface area (Å²) in [6.45, 7) is 0. The molecule has 9 heteroatoms. The summed E-state index contributed by atoms with van der Waals surface area (Å²) in [6.07, 6.45) is -0.943. The van der Waals surface area contributed by atoms with Crippen LogP contribution < -0.4 is 0 Å².